The molecule has 0 atom stereocenters. The molecule has 0 unspecified atom stereocenters. The van der Waals surface area contributed by atoms with Crippen molar-refractivity contribution in [3.05, 3.63) is 40.7 Å². The van der Waals surface area contributed by atoms with Gasteiger partial charge in [-0.15, -0.1) is 0 Å². The average Bonchev–Trinajstić information content (AvgIpc) is 2.51. The quantitative estimate of drug-likeness (QED) is 0.801. The monoisotopic (exact) mass is 334 g/mol. The number of rotatable bonds is 3. The molecule has 0 amide bonds. The van der Waals surface area contributed by atoms with Gasteiger partial charge in [0, 0.05) is 17.3 Å². The Hall–Kier alpha value is -1.16. The third kappa shape index (κ3) is 2.53. The summed E-state index contributed by atoms with van der Waals surface area (Å²) in [4.78, 5) is 11.9. The molecule has 0 saturated heterocycles. The molecule has 1 heterocycles. The Kier molecular flexibility index (Phi) is 3.92. The number of hydrogen-bond acceptors (Lipinski definition) is 2. The van der Waals surface area contributed by atoms with Gasteiger partial charge in [-0.2, -0.15) is 5.10 Å². The van der Waals surface area contributed by atoms with Crippen LogP contribution in [0.3, 0.4) is 0 Å². The summed E-state index contributed by atoms with van der Waals surface area (Å²) in [5.41, 5.74) is 1.24. The van der Waals surface area contributed by atoms with Crippen LogP contribution in [0.5, 0.6) is 0 Å². The van der Waals surface area contributed by atoms with Crippen LogP contribution in [-0.2, 0) is 6.54 Å². The van der Waals surface area contributed by atoms with Crippen LogP contribution in [0.15, 0.2) is 35.3 Å². The first kappa shape index (κ1) is 13.8. The second-order valence-electron chi connectivity index (χ2n) is 5.88. The highest BCUT2D eigenvalue weighted by Crippen LogP contribution is 2.39. The lowest BCUT2D eigenvalue weighted by molar-refractivity contribution is 0.185. The SMILES string of the molecule is O=c1cnn(CC2(CBr)CCCCC2)c2ccccc12. The van der Waals surface area contributed by atoms with E-state index in [1.807, 2.05) is 28.9 Å². The van der Waals surface area contributed by atoms with Gasteiger partial charge in [0.25, 0.3) is 0 Å². The largest absolute Gasteiger partial charge is 0.287 e. The van der Waals surface area contributed by atoms with Gasteiger partial charge in [-0.25, -0.2) is 0 Å². The zero-order valence-electron chi connectivity index (χ0n) is 11.5. The zero-order valence-corrected chi connectivity index (χ0v) is 13.1. The maximum atomic E-state index is 11.9. The lowest BCUT2D eigenvalue weighted by Crippen LogP contribution is -2.32. The second-order valence-corrected chi connectivity index (χ2v) is 6.44. The minimum Gasteiger partial charge on any atom is -0.287 e. The van der Waals surface area contributed by atoms with Crippen molar-refractivity contribution in [1.29, 1.82) is 0 Å². The molecule has 3 nitrogen and oxygen atoms in total. The topological polar surface area (TPSA) is 34.9 Å². The highest BCUT2D eigenvalue weighted by Gasteiger charge is 2.32. The maximum absolute atomic E-state index is 11.9. The number of benzene rings is 1. The van der Waals surface area contributed by atoms with Gasteiger partial charge >= 0.3 is 0 Å². The Balaban J connectivity index is 2.02. The molecule has 0 spiro atoms. The molecular formula is C16H19BrN2O. The van der Waals surface area contributed by atoms with E-state index in [4.69, 9.17) is 0 Å². The van der Waals surface area contributed by atoms with E-state index < -0.39 is 0 Å². The predicted octanol–water partition coefficient (Wildman–Crippen LogP) is 3.74. The minimum atomic E-state index is 0.00777. The number of aromatic nitrogens is 2. The van der Waals surface area contributed by atoms with Crippen molar-refractivity contribution in [1.82, 2.24) is 9.78 Å². The smallest absolute Gasteiger partial charge is 0.207 e. The van der Waals surface area contributed by atoms with Gasteiger partial charge in [-0.1, -0.05) is 47.3 Å². The van der Waals surface area contributed by atoms with Gasteiger partial charge < -0.3 is 0 Å². The fraction of sp³-hybridized carbons (Fsp3) is 0.500. The molecule has 0 radical (unpaired) electrons. The molecular weight excluding hydrogens is 316 g/mol. The number of nitrogens with zero attached hydrogens (tertiary/aromatic N) is 2. The van der Waals surface area contributed by atoms with E-state index in [0.29, 0.717) is 0 Å². The molecule has 3 rings (SSSR count). The third-order valence-electron chi connectivity index (χ3n) is 4.44. The van der Waals surface area contributed by atoms with Crippen LogP contribution in [0.2, 0.25) is 0 Å². The van der Waals surface area contributed by atoms with Crippen LogP contribution in [0, 0.1) is 5.41 Å². The number of fused-ring (bicyclic) bond motifs is 1. The molecule has 4 heteroatoms. The fourth-order valence-electron chi connectivity index (χ4n) is 3.24. The lowest BCUT2D eigenvalue weighted by atomic mass is 9.75. The van der Waals surface area contributed by atoms with E-state index >= 15 is 0 Å². The average molecular weight is 335 g/mol. The minimum absolute atomic E-state index is 0.00777. The first-order valence-corrected chi connectivity index (χ1v) is 8.37. The summed E-state index contributed by atoms with van der Waals surface area (Å²) in [7, 11) is 0. The Bertz CT molecular complexity index is 659. The van der Waals surface area contributed by atoms with E-state index in [1.54, 1.807) is 0 Å². The molecule has 1 fully saturated rings. The van der Waals surface area contributed by atoms with Crippen molar-refractivity contribution in [3.8, 4) is 0 Å². The van der Waals surface area contributed by atoms with Crippen LogP contribution in [0.1, 0.15) is 32.1 Å². The third-order valence-corrected chi connectivity index (χ3v) is 5.63. The number of para-hydroxylation sites is 1. The van der Waals surface area contributed by atoms with Crippen molar-refractivity contribution < 1.29 is 0 Å². The molecule has 1 aromatic heterocycles. The van der Waals surface area contributed by atoms with E-state index in [9.17, 15) is 4.79 Å². The summed E-state index contributed by atoms with van der Waals surface area (Å²) in [5.74, 6) is 0. The summed E-state index contributed by atoms with van der Waals surface area (Å²) in [6.45, 7) is 0.888. The standard InChI is InChI=1S/C16H19BrN2O/c17-11-16(8-4-1-5-9-16)12-19-14-7-3-2-6-13(14)15(20)10-18-19/h2-3,6-7,10H,1,4-5,8-9,11-12H2. The first-order chi connectivity index (χ1) is 9.74. The van der Waals surface area contributed by atoms with Crippen LogP contribution in [0.25, 0.3) is 10.9 Å². The van der Waals surface area contributed by atoms with Crippen molar-refractivity contribution >= 4 is 26.8 Å². The summed E-state index contributed by atoms with van der Waals surface area (Å²) < 4.78 is 2.02. The van der Waals surface area contributed by atoms with Crippen molar-refractivity contribution in [3.63, 3.8) is 0 Å². The summed E-state index contributed by atoms with van der Waals surface area (Å²) in [5, 5.41) is 6.15. The molecule has 1 aromatic carbocycles. The molecule has 1 aliphatic carbocycles. The number of halogens is 1. The van der Waals surface area contributed by atoms with Crippen LogP contribution >= 0.6 is 15.9 Å². The maximum Gasteiger partial charge on any atom is 0.207 e. The first-order valence-electron chi connectivity index (χ1n) is 7.25. The normalized spacial score (nSPS) is 18.2. The molecule has 0 aliphatic heterocycles. The van der Waals surface area contributed by atoms with Crippen molar-refractivity contribution in [2.45, 2.75) is 38.6 Å². The Labute approximate surface area is 127 Å². The van der Waals surface area contributed by atoms with Gasteiger partial charge in [-0.3, -0.25) is 9.48 Å². The van der Waals surface area contributed by atoms with Crippen LogP contribution in [-0.4, -0.2) is 15.1 Å². The molecule has 106 valence electrons. The van der Waals surface area contributed by atoms with Gasteiger partial charge in [0.1, 0.15) is 0 Å². The number of hydrogen-bond donors (Lipinski definition) is 0. The molecule has 0 bridgehead atoms. The predicted molar refractivity (Wildman–Crippen MR) is 85.3 cm³/mol. The van der Waals surface area contributed by atoms with Crippen LogP contribution in [0.4, 0.5) is 0 Å². The van der Waals surface area contributed by atoms with Gasteiger partial charge in [0.2, 0.25) is 5.43 Å². The van der Waals surface area contributed by atoms with E-state index in [1.165, 1.54) is 38.3 Å². The molecule has 2 aromatic rings. The van der Waals surface area contributed by atoms with Gasteiger partial charge in [0.15, 0.2) is 0 Å². The Morgan fingerprint density at radius 2 is 1.95 bits per heavy atom. The van der Waals surface area contributed by atoms with Crippen molar-refractivity contribution in [2.75, 3.05) is 5.33 Å². The molecule has 20 heavy (non-hydrogen) atoms. The molecule has 1 saturated carbocycles. The number of alkyl halides is 1. The summed E-state index contributed by atoms with van der Waals surface area (Å²) in [6, 6.07) is 7.77. The van der Waals surface area contributed by atoms with Gasteiger partial charge in [0.05, 0.1) is 11.7 Å². The molecule has 0 N–H and O–H groups in total. The van der Waals surface area contributed by atoms with Gasteiger partial charge in [-0.05, 0) is 30.4 Å². The Morgan fingerprint density at radius 3 is 2.70 bits per heavy atom. The summed E-state index contributed by atoms with van der Waals surface area (Å²) in [6.07, 6.45) is 7.86. The summed E-state index contributed by atoms with van der Waals surface area (Å²) >= 11 is 3.70. The van der Waals surface area contributed by atoms with Crippen molar-refractivity contribution in [2.24, 2.45) is 5.41 Å². The van der Waals surface area contributed by atoms with E-state index in [-0.39, 0.29) is 10.8 Å². The Morgan fingerprint density at radius 1 is 1.20 bits per heavy atom. The van der Waals surface area contributed by atoms with E-state index in [0.717, 1.165) is 22.8 Å². The highest BCUT2D eigenvalue weighted by atomic mass is 79.9. The highest BCUT2D eigenvalue weighted by molar-refractivity contribution is 9.09. The molecule has 1 aliphatic rings. The lowest BCUT2D eigenvalue weighted by Gasteiger charge is -2.36. The fourth-order valence-corrected chi connectivity index (χ4v) is 3.98. The second kappa shape index (κ2) is 5.68. The zero-order chi connectivity index (χ0) is 14.0. The van der Waals surface area contributed by atoms with E-state index in [2.05, 4.69) is 21.0 Å². The van der Waals surface area contributed by atoms with Crippen LogP contribution < -0.4 is 5.43 Å².